The molecule has 5 nitrogen and oxygen atoms in total. The lowest BCUT2D eigenvalue weighted by molar-refractivity contribution is -0.124. The van der Waals surface area contributed by atoms with Gasteiger partial charge in [0, 0.05) is 31.2 Å². The maximum Gasteiger partial charge on any atom is 0.258 e. The number of carbonyl (C=O) groups is 2. The lowest BCUT2D eigenvalue weighted by atomic mass is 10.0. The second-order valence-electron chi connectivity index (χ2n) is 7.41. The molecule has 1 fully saturated rings. The van der Waals surface area contributed by atoms with Crippen molar-refractivity contribution in [2.45, 2.75) is 39.3 Å². The van der Waals surface area contributed by atoms with Crippen LogP contribution in [-0.2, 0) is 11.3 Å². The summed E-state index contributed by atoms with van der Waals surface area (Å²) in [6.07, 6.45) is 1.90. The number of carbonyl (C=O) groups excluding carboxylic acids is 2. The molecule has 0 aromatic heterocycles. The van der Waals surface area contributed by atoms with Crippen molar-refractivity contribution in [1.82, 2.24) is 10.2 Å². The summed E-state index contributed by atoms with van der Waals surface area (Å²) in [6.45, 7) is 6.58. The molecular weight excluding hydrogens is 352 g/mol. The van der Waals surface area contributed by atoms with Crippen molar-refractivity contribution in [3.8, 4) is 5.75 Å². The largest absolute Gasteiger partial charge is 0.484 e. The van der Waals surface area contributed by atoms with Crippen LogP contribution < -0.4 is 10.1 Å². The molecule has 1 aliphatic rings. The highest BCUT2D eigenvalue weighted by Gasteiger charge is 2.21. The molecule has 28 heavy (non-hydrogen) atoms. The number of ketones is 1. The Hall–Kier alpha value is -2.66. The number of nitrogens with one attached hydrogen (secondary N) is 1. The van der Waals surface area contributed by atoms with Gasteiger partial charge in [0.1, 0.15) is 5.75 Å². The predicted molar refractivity (Wildman–Crippen MR) is 110 cm³/mol. The van der Waals surface area contributed by atoms with E-state index < -0.39 is 0 Å². The fourth-order valence-electron chi connectivity index (χ4n) is 3.47. The van der Waals surface area contributed by atoms with Crippen molar-refractivity contribution in [3.63, 3.8) is 0 Å². The van der Waals surface area contributed by atoms with Gasteiger partial charge in [-0.25, -0.2) is 0 Å². The van der Waals surface area contributed by atoms with Gasteiger partial charge in [-0.3, -0.25) is 14.5 Å². The van der Waals surface area contributed by atoms with E-state index in [9.17, 15) is 9.59 Å². The normalized spacial score (nSPS) is 15.2. The number of hydrogen-bond acceptors (Lipinski definition) is 4. The number of nitrogens with zero attached hydrogens (tertiary/aromatic N) is 1. The maximum atomic E-state index is 12.2. The third kappa shape index (κ3) is 5.67. The third-order valence-corrected chi connectivity index (χ3v) is 5.24. The fraction of sp³-hybridized carbons (Fsp3) is 0.391. The average Bonchev–Trinajstić information content (AvgIpc) is 2.70. The molecule has 0 unspecified atom stereocenters. The van der Waals surface area contributed by atoms with Gasteiger partial charge in [0.25, 0.3) is 5.91 Å². The van der Waals surface area contributed by atoms with Crippen LogP contribution in [0.4, 0.5) is 0 Å². The Morgan fingerprint density at radius 3 is 2.39 bits per heavy atom. The zero-order valence-electron chi connectivity index (χ0n) is 16.6. The number of ether oxygens (including phenoxy) is 1. The summed E-state index contributed by atoms with van der Waals surface area (Å²) in [5.41, 5.74) is 3.33. The van der Waals surface area contributed by atoms with Gasteiger partial charge in [-0.2, -0.15) is 0 Å². The van der Waals surface area contributed by atoms with Crippen molar-refractivity contribution >= 4 is 11.7 Å². The molecular formula is C23H28N2O3. The SMILES string of the molecule is CC(=O)c1ccc(OCC(=O)NC2CCN(Cc3ccccc3C)CC2)cc1. The van der Waals surface area contributed by atoms with E-state index in [0.29, 0.717) is 11.3 Å². The van der Waals surface area contributed by atoms with Crippen LogP contribution in [0.1, 0.15) is 41.3 Å². The molecule has 2 aromatic rings. The van der Waals surface area contributed by atoms with E-state index in [0.717, 1.165) is 32.5 Å². The Morgan fingerprint density at radius 2 is 1.75 bits per heavy atom. The molecule has 0 saturated carbocycles. The minimum atomic E-state index is -0.104. The van der Waals surface area contributed by atoms with Crippen LogP contribution >= 0.6 is 0 Å². The molecule has 1 amide bonds. The van der Waals surface area contributed by atoms with Crippen molar-refractivity contribution in [3.05, 3.63) is 65.2 Å². The first-order valence-electron chi connectivity index (χ1n) is 9.81. The van der Waals surface area contributed by atoms with E-state index in [2.05, 4.69) is 41.4 Å². The van der Waals surface area contributed by atoms with E-state index in [-0.39, 0.29) is 24.3 Å². The molecule has 0 aliphatic carbocycles. The molecule has 0 radical (unpaired) electrons. The van der Waals surface area contributed by atoms with Crippen LogP contribution in [0.15, 0.2) is 48.5 Å². The summed E-state index contributed by atoms with van der Waals surface area (Å²) < 4.78 is 5.52. The number of hydrogen-bond donors (Lipinski definition) is 1. The lowest BCUT2D eigenvalue weighted by Crippen LogP contribution is -2.45. The number of Topliss-reactive ketones (excluding diaryl/α,β-unsaturated/α-hetero) is 1. The van der Waals surface area contributed by atoms with Crippen LogP contribution in [0.2, 0.25) is 0 Å². The van der Waals surface area contributed by atoms with Gasteiger partial charge in [0.2, 0.25) is 0 Å². The number of piperidine rings is 1. The number of likely N-dealkylation sites (tertiary alicyclic amines) is 1. The van der Waals surface area contributed by atoms with Crippen LogP contribution in [0, 0.1) is 6.92 Å². The highest BCUT2D eigenvalue weighted by atomic mass is 16.5. The van der Waals surface area contributed by atoms with E-state index in [1.54, 1.807) is 24.3 Å². The molecule has 3 rings (SSSR count). The van der Waals surface area contributed by atoms with Gasteiger partial charge >= 0.3 is 0 Å². The summed E-state index contributed by atoms with van der Waals surface area (Å²) in [7, 11) is 0. The molecule has 0 spiro atoms. The number of aryl methyl sites for hydroxylation is 1. The fourth-order valence-corrected chi connectivity index (χ4v) is 3.47. The Morgan fingerprint density at radius 1 is 1.07 bits per heavy atom. The predicted octanol–water partition coefficient (Wildman–Crippen LogP) is 3.36. The highest BCUT2D eigenvalue weighted by molar-refractivity contribution is 5.94. The Balaban J connectivity index is 1.39. The molecule has 5 heteroatoms. The smallest absolute Gasteiger partial charge is 0.258 e. The maximum absolute atomic E-state index is 12.2. The summed E-state index contributed by atoms with van der Waals surface area (Å²) in [5, 5.41) is 3.07. The zero-order chi connectivity index (χ0) is 19.9. The second kappa shape index (κ2) is 9.51. The van der Waals surface area contributed by atoms with E-state index in [4.69, 9.17) is 4.74 Å². The molecule has 1 aliphatic heterocycles. The molecule has 2 aromatic carbocycles. The van der Waals surface area contributed by atoms with Gasteiger partial charge in [-0.15, -0.1) is 0 Å². The van der Waals surface area contributed by atoms with Crippen molar-refractivity contribution < 1.29 is 14.3 Å². The van der Waals surface area contributed by atoms with Gasteiger partial charge in [0.05, 0.1) is 0 Å². The van der Waals surface area contributed by atoms with Gasteiger partial charge < -0.3 is 10.1 Å². The number of benzene rings is 2. The Labute approximate surface area is 166 Å². The van der Waals surface area contributed by atoms with Crippen molar-refractivity contribution in [1.29, 1.82) is 0 Å². The quantitative estimate of drug-likeness (QED) is 0.749. The summed E-state index contributed by atoms with van der Waals surface area (Å²) in [5.74, 6) is 0.499. The monoisotopic (exact) mass is 380 g/mol. The number of rotatable bonds is 7. The standard InChI is InChI=1S/C23H28N2O3/c1-17-5-3-4-6-20(17)15-25-13-11-21(12-14-25)24-23(27)16-28-22-9-7-19(8-10-22)18(2)26/h3-10,21H,11-16H2,1-2H3,(H,24,27). The van der Waals surface area contributed by atoms with Crippen LogP contribution in [0.5, 0.6) is 5.75 Å². The topological polar surface area (TPSA) is 58.6 Å². The first kappa shape index (κ1) is 20.1. The van der Waals surface area contributed by atoms with Gasteiger partial charge in [0.15, 0.2) is 12.4 Å². The number of amides is 1. The zero-order valence-corrected chi connectivity index (χ0v) is 16.6. The highest BCUT2D eigenvalue weighted by Crippen LogP contribution is 2.16. The van der Waals surface area contributed by atoms with Crippen molar-refractivity contribution in [2.24, 2.45) is 0 Å². The van der Waals surface area contributed by atoms with E-state index in [1.165, 1.54) is 18.1 Å². The van der Waals surface area contributed by atoms with Crippen LogP contribution in [0.3, 0.4) is 0 Å². The summed E-state index contributed by atoms with van der Waals surface area (Å²) in [6, 6.07) is 15.5. The Kier molecular flexibility index (Phi) is 6.82. The summed E-state index contributed by atoms with van der Waals surface area (Å²) >= 11 is 0. The summed E-state index contributed by atoms with van der Waals surface area (Å²) in [4.78, 5) is 25.9. The van der Waals surface area contributed by atoms with Gasteiger partial charge in [-0.05, 0) is 62.1 Å². The minimum Gasteiger partial charge on any atom is -0.484 e. The van der Waals surface area contributed by atoms with Crippen LogP contribution in [-0.4, -0.2) is 42.3 Å². The third-order valence-electron chi connectivity index (χ3n) is 5.24. The van der Waals surface area contributed by atoms with Crippen LogP contribution in [0.25, 0.3) is 0 Å². The molecule has 0 bridgehead atoms. The molecule has 1 saturated heterocycles. The first-order chi connectivity index (χ1) is 13.5. The lowest BCUT2D eigenvalue weighted by Gasteiger charge is -2.32. The van der Waals surface area contributed by atoms with Crippen molar-refractivity contribution in [2.75, 3.05) is 19.7 Å². The molecule has 0 atom stereocenters. The molecule has 148 valence electrons. The van der Waals surface area contributed by atoms with Gasteiger partial charge in [-0.1, -0.05) is 24.3 Å². The van der Waals surface area contributed by atoms with E-state index >= 15 is 0 Å². The van der Waals surface area contributed by atoms with E-state index in [1.807, 2.05) is 0 Å². The minimum absolute atomic E-state index is 0.0111. The molecule has 1 heterocycles. The molecule has 1 N–H and O–H groups in total. The second-order valence-corrected chi connectivity index (χ2v) is 7.41. The average molecular weight is 380 g/mol. The first-order valence-corrected chi connectivity index (χ1v) is 9.81. The Bertz CT molecular complexity index is 809.